The molecule has 0 spiro atoms. The summed E-state index contributed by atoms with van der Waals surface area (Å²) in [6.07, 6.45) is 2.26. The van der Waals surface area contributed by atoms with Crippen molar-refractivity contribution in [3.8, 4) is 0 Å². The molecule has 0 saturated carbocycles. The molecule has 20 heteroatoms. The second-order valence-corrected chi connectivity index (χ2v) is 16.8. The number of unbranched alkanes of at least 4 members (excludes halogenated alkanes) is 1. The number of carboxylic acids is 1. The number of nitrogens with one attached hydrogen (secondary N) is 2. The number of hydrogen-bond acceptors (Lipinski definition) is 11. The molecule has 0 aliphatic heterocycles. The van der Waals surface area contributed by atoms with Gasteiger partial charge in [-0.15, -0.1) is 0 Å². The molecule has 0 aromatic heterocycles. The lowest BCUT2D eigenvalue weighted by Gasteiger charge is -2.28. The highest BCUT2D eigenvalue weighted by atomic mass is 32.2. The first kappa shape index (κ1) is 55.9. The van der Waals surface area contributed by atoms with E-state index in [0.29, 0.717) is 121 Å². The van der Waals surface area contributed by atoms with E-state index in [0.717, 1.165) is 0 Å². The van der Waals surface area contributed by atoms with Gasteiger partial charge >= 0.3 is 5.97 Å². The van der Waals surface area contributed by atoms with Crippen LogP contribution in [0, 0.1) is 0 Å². The fourth-order valence-electron chi connectivity index (χ4n) is 5.56. The van der Waals surface area contributed by atoms with Crippen LogP contribution in [0.2, 0.25) is 0 Å². The Labute approximate surface area is 365 Å². The lowest BCUT2D eigenvalue weighted by atomic mass is 10.1. The minimum atomic E-state index is -1.13. The Balaban J connectivity index is 4.48. The van der Waals surface area contributed by atoms with Crippen LogP contribution in [0.4, 0.5) is 0 Å². The van der Waals surface area contributed by atoms with Crippen LogP contribution in [0.3, 0.4) is 0 Å². The number of thioether (sulfide) groups is 2. The van der Waals surface area contributed by atoms with Crippen molar-refractivity contribution in [2.45, 2.75) is 92.5 Å². The molecule has 1 unspecified atom stereocenters. The van der Waals surface area contributed by atoms with Crippen molar-refractivity contribution in [1.29, 1.82) is 0 Å². The van der Waals surface area contributed by atoms with E-state index >= 15 is 0 Å². The Morgan fingerprint density at radius 3 is 1.30 bits per heavy atom. The molecule has 3 N–H and O–H groups in total. The molecule has 0 rings (SSSR count). The van der Waals surface area contributed by atoms with Gasteiger partial charge in [0.05, 0.1) is 0 Å². The van der Waals surface area contributed by atoms with Gasteiger partial charge in [-0.25, -0.2) is 4.79 Å². The SMILES string of the molecule is CCC(=O)N(CCSCCC(=O)NCCCCC(NC(=O)CCSCCN(CCN(CCN(C)C(C)=O)C(C)=O)C(=O)CC)C(=O)O)CCN(CCN(C)C(C)=O)C(C)=O. The van der Waals surface area contributed by atoms with E-state index in [-0.39, 0.29) is 66.5 Å². The number of carbonyl (C=O) groups excluding carboxylic acids is 8. The summed E-state index contributed by atoms with van der Waals surface area (Å²) in [6.45, 7) is 13.6. The molecule has 0 bridgehead atoms. The summed E-state index contributed by atoms with van der Waals surface area (Å²) in [5.74, 6) is -0.0187. The first-order valence-corrected chi connectivity index (χ1v) is 23.1. The number of amides is 8. The standard InChI is InChI=1S/C40H72N8O10S2/c1-9-38(55)47(23-21-45(33(5)51)19-17-43(7)31(3)49)25-29-59-27-14-36(53)41-16-12-11-13-35(40(57)58)42-37(54)15-28-60-30-26-48(39(56)10-2)24-22-46(34(6)52)20-18-44(8)32(4)50/h35H,9-30H2,1-8H3,(H,41,53)(H,42,54)(H,57,58). The largest absolute Gasteiger partial charge is 0.480 e. The van der Waals surface area contributed by atoms with Gasteiger partial charge in [-0.2, -0.15) is 23.5 Å². The molecule has 0 heterocycles. The summed E-state index contributed by atoms with van der Waals surface area (Å²) < 4.78 is 0. The van der Waals surface area contributed by atoms with Gasteiger partial charge in [-0.3, -0.25) is 38.4 Å². The maximum absolute atomic E-state index is 12.6. The third kappa shape index (κ3) is 26.2. The second kappa shape index (κ2) is 32.7. The van der Waals surface area contributed by atoms with Crippen molar-refractivity contribution in [1.82, 2.24) is 40.0 Å². The van der Waals surface area contributed by atoms with Gasteiger partial charge in [0.2, 0.25) is 47.3 Å². The fraction of sp³-hybridized carbons (Fsp3) is 0.775. The maximum atomic E-state index is 12.6. The van der Waals surface area contributed by atoms with Crippen LogP contribution < -0.4 is 10.6 Å². The maximum Gasteiger partial charge on any atom is 0.326 e. The molecule has 18 nitrogen and oxygen atoms in total. The summed E-state index contributed by atoms with van der Waals surface area (Å²) in [6, 6.07) is -1.05. The minimum absolute atomic E-state index is 0.0253. The molecular weight excluding hydrogens is 817 g/mol. The molecule has 0 aromatic rings. The zero-order valence-corrected chi connectivity index (χ0v) is 38.9. The molecule has 8 amide bonds. The van der Waals surface area contributed by atoms with Crippen LogP contribution in [0.5, 0.6) is 0 Å². The molecule has 60 heavy (non-hydrogen) atoms. The predicted molar refractivity (Wildman–Crippen MR) is 235 cm³/mol. The van der Waals surface area contributed by atoms with Crippen molar-refractivity contribution in [2.75, 3.05) is 109 Å². The smallest absolute Gasteiger partial charge is 0.326 e. The molecule has 1 atom stereocenters. The zero-order chi connectivity index (χ0) is 45.6. The summed E-state index contributed by atoms with van der Waals surface area (Å²) in [5, 5.41) is 15.1. The number of aliphatic carboxylic acids is 1. The van der Waals surface area contributed by atoms with E-state index < -0.39 is 12.0 Å². The number of hydrogen-bond donors (Lipinski definition) is 3. The lowest BCUT2D eigenvalue weighted by molar-refractivity contribution is -0.142. The Morgan fingerprint density at radius 2 is 0.917 bits per heavy atom. The lowest BCUT2D eigenvalue weighted by Crippen LogP contribution is -2.44. The minimum Gasteiger partial charge on any atom is -0.480 e. The van der Waals surface area contributed by atoms with Gasteiger partial charge in [-0.05, 0) is 19.3 Å². The van der Waals surface area contributed by atoms with Crippen LogP contribution in [-0.2, 0) is 43.2 Å². The predicted octanol–water partition coefficient (Wildman–Crippen LogP) is 1.22. The Hall–Kier alpha value is -4.07. The molecule has 0 fully saturated rings. The van der Waals surface area contributed by atoms with Gasteiger partial charge in [0, 0.05) is 162 Å². The molecule has 0 aromatic carbocycles. The van der Waals surface area contributed by atoms with E-state index in [9.17, 15) is 48.3 Å². The van der Waals surface area contributed by atoms with Gasteiger partial charge in [-0.1, -0.05) is 13.8 Å². The van der Waals surface area contributed by atoms with E-state index in [1.54, 1.807) is 59.3 Å². The average molecular weight is 889 g/mol. The number of carboxylic acid groups (broad SMARTS) is 1. The van der Waals surface area contributed by atoms with Crippen LogP contribution >= 0.6 is 23.5 Å². The van der Waals surface area contributed by atoms with E-state index in [1.165, 1.54) is 49.3 Å². The highest BCUT2D eigenvalue weighted by molar-refractivity contribution is 7.99. The Bertz CT molecular complexity index is 1390. The van der Waals surface area contributed by atoms with Crippen molar-refractivity contribution < 1.29 is 48.3 Å². The summed E-state index contributed by atoms with van der Waals surface area (Å²) in [5.41, 5.74) is 0. The van der Waals surface area contributed by atoms with E-state index in [1.807, 2.05) is 0 Å². The van der Waals surface area contributed by atoms with Crippen molar-refractivity contribution in [3.63, 3.8) is 0 Å². The van der Waals surface area contributed by atoms with Gasteiger partial charge in [0.15, 0.2) is 0 Å². The van der Waals surface area contributed by atoms with E-state index in [2.05, 4.69) is 10.6 Å². The molecule has 0 radical (unpaired) electrons. The van der Waals surface area contributed by atoms with Crippen LogP contribution in [-0.4, -0.2) is 203 Å². The topological polar surface area (TPSA) is 217 Å². The Morgan fingerprint density at radius 1 is 0.517 bits per heavy atom. The van der Waals surface area contributed by atoms with Crippen LogP contribution in [0.25, 0.3) is 0 Å². The zero-order valence-electron chi connectivity index (χ0n) is 37.3. The summed E-state index contributed by atoms with van der Waals surface area (Å²) >= 11 is 3.02. The number of carbonyl (C=O) groups is 9. The summed E-state index contributed by atoms with van der Waals surface area (Å²) in [7, 11) is 3.33. The molecule has 344 valence electrons. The quantitative estimate of drug-likeness (QED) is 0.0794. The van der Waals surface area contributed by atoms with Gasteiger partial charge in [0.1, 0.15) is 6.04 Å². The van der Waals surface area contributed by atoms with Crippen molar-refractivity contribution in [3.05, 3.63) is 0 Å². The second-order valence-electron chi connectivity index (χ2n) is 14.4. The van der Waals surface area contributed by atoms with Gasteiger partial charge < -0.3 is 45.1 Å². The van der Waals surface area contributed by atoms with Crippen molar-refractivity contribution >= 4 is 76.8 Å². The molecule has 0 aliphatic carbocycles. The monoisotopic (exact) mass is 888 g/mol. The average Bonchev–Trinajstić information content (AvgIpc) is 3.19. The third-order valence-corrected chi connectivity index (χ3v) is 11.7. The van der Waals surface area contributed by atoms with Crippen LogP contribution in [0.15, 0.2) is 0 Å². The highest BCUT2D eigenvalue weighted by Gasteiger charge is 2.21. The number of rotatable bonds is 33. The summed E-state index contributed by atoms with van der Waals surface area (Å²) in [4.78, 5) is 119. The van der Waals surface area contributed by atoms with Crippen LogP contribution in [0.1, 0.15) is 86.5 Å². The molecule has 0 aliphatic rings. The normalized spacial score (nSPS) is 11.2. The first-order chi connectivity index (χ1) is 28.3. The third-order valence-electron chi connectivity index (χ3n) is 9.80. The molecular formula is C40H72N8O10S2. The van der Waals surface area contributed by atoms with Gasteiger partial charge in [0.25, 0.3) is 0 Å². The fourth-order valence-corrected chi connectivity index (χ4v) is 7.33. The van der Waals surface area contributed by atoms with Crippen molar-refractivity contribution in [2.24, 2.45) is 0 Å². The Kier molecular flexibility index (Phi) is 30.5. The highest BCUT2D eigenvalue weighted by Crippen LogP contribution is 2.09. The number of likely N-dealkylation sites (N-methyl/N-ethyl adjacent to an activating group) is 2. The number of nitrogens with zero attached hydrogens (tertiary/aromatic N) is 6. The molecule has 0 saturated heterocycles. The first-order valence-electron chi connectivity index (χ1n) is 20.8. The van der Waals surface area contributed by atoms with E-state index in [4.69, 9.17) is 0 Å².